The fourth-order valence-corrected chi connectivity index (χ4v) is 0.838. The zero-order chi connectivity index (χ0) is 8.27. The molecular formula is C7H11N3O. The van der Waals surface area contributed by atoms with Gasteiger partial charge in [-0.25, -0.2) is 0 Å². The highest BCUT2D eigenvalue weighted by Gasteiger charge is 1.99. The van der Waals surface area contributed by atoms with Crippen molar-refractivity contribution in [3.8, 4) is 5.75 Å². The third kappa shape index (κ3) is 1.53. The number of ether oxygens (including phenoxy) is 1. The maximum absolute atomic E-state index is 5.51. The van der Waals surface area contributed by atoms with E-state index < -0.39 is 0 Å². The van der Waals surface area contributed by atoms with E-state index in [0.717, 1.165) is 0 Å². The van der Waals surface area contributed by atoms with Gasteiger partial charge < -0.3 is 15.9 Å². The van der Waals surface area contributed by atoms with Crippen LogP contribution in [0.25, 0.3) is 0 Å². The summed E-state index contributed by atoms with van der Waals surface area (Å²) < 4.78 is 4.99. The lowest BCUT2D eigenvalue weighted by atomic mass is 10.2. The van der Waals surface area contributed by atoms with E-state index in [1.54, 1.807) is 25.3 Å². The molecule has 5 N–H and O–H groups in total. The molecule has 0 radical (unpaired) electrons. The summed E-state index contributed by atoms with van der Waals surface area (Å²) in [5, 5.41) is 0. The number of rotatable bonds is 2. The van der Waals surface area contributed by atoms with Crippen LogP contribution in [0.3, 0.4) is 0 Å². The Morgan fingerprint density at radius 1 is 1.45 bits per heavy atom. The predicted molar refractivity (Wildman–Crippen MR) is 45.2 cm³/mol. The van der Waals surface area contributed by atoms with Crippen LogP contribution in [0.1, 0.15) is 0 Å². The Morgan fingerprint density at radius 2 is 2.18 bits per heavy atom. The molecule has 4 nitrogen and oxygen atoms in total. The number of anilines is 2. The number of methoxy groups -OCH3 is 1. The Labute approximate surface area is 65.1 Å². The van der Waals surface area contributed by atoms with E-state index in [1.165, 1.54) is 0 Å². The number of nitrogens with two attached hydrogens (primary N) is 2. The molecule has 0 atom stereocenters. The van der Waals surface area contributed by atoms with Crippen LogP contribution in [0.2, 0.25) is 0 Å². The van der Waals surface area contributed by atoms with Crippen molar-refractivity contribution in [1.29, 1.82) is 0 Å². The minimum absolute atomic E-state index is 0.652. The SMILES string of the molecule is COc1ccc(N)cc1NN. The first-order valence-electron chi connectivity index (χ1n) is 3.18. The van der Waals surface area contributed by atoms with Crippen molar-refractivity contribution in [3.63, 3.8) is 0 Å². The largest absolute Gasteiger partial charge is 0.495 e. The number of hydrazine groups is 1. The predicted octanol–water partition coefficient (Wildman–Crippen LogP) is 0.563. The Hall–Kier alpha value is -1.42. The summed E-state index contributed by atoms with van der Waals surface area (Å²) in [7, 11) is 1.58. The van der Waals surface area contributed by atoms with Gasteiger partial charge in [0.1, 0.15) is 5.75 Å². The van der Waals surface area contributed by atoms with Crippen molar-refractivity contribution >= 4 is 11.4 Å². The molecule has 0 fully saturated rings. The first-order chi connectivity index (χ1) is 5.27. The summed E-state index contributed by atoms with van der Waals surface area (Å²) in [5.74, 6) is 5.89. The van der Waals surface area contributed by atoms with Crippen LogP contribution >= 0.6 is 0 Å². The van der Waals surface area contributed by atoms with Crippen molar-refractivity contribution in [1.82, 2.24) is 0 Å². The van der Waals surface area contributed by atoms with Gasteiger partial charge in [-0.15, -0.1) is 0 Å². The average molecular weight is 153 g/mol. The van der Waals surface area contributed by atoms with Crippen molar-refractivity contribution < 1.29 is 4.74 Å². The first-order valence-corrected chi connectivity index (χ1v) is 3.18. The van der Waals surface area contributed by atoms with Gasteiger partial charge in [0.15, 0.2) is 0 Å². The minimum atomic E-state index is 0.652. The van der Waals surface area contributed by atoms with Gasteiger partial charge in [-0.2, -0.15) is 0 Å². The van der Waals surface area contributed by atoms with Gasteiger partial charge in [0.25, 0.3) is 0 Å². The lowest BCUT2D eigenvalue weighted by Crippen LogP contribution is -2.08. The molecular weight excluding hydrogens is 142 g/mol. The average Bonchev–Trinajstić information content (AvgIpc) is 2.04. The van der Waals surface area contributed by atoms with Crippen LogP contribution < -0.4 is 21.7 Å². The molecule has 4 heteroatoms. The molecule has 1 aromatic carbocycles. The maximum Gasteiger partial charge on any atom is 0.143 e. The van der Waals surface area contributed by atoms with E-state index in [4.69, 9.17) is 16.3 Å². The van der Waals surface area contributed by atoms with E-state index in [9.17, 15) is 0 Å². The number of hydrogen-bond donors (Lipinski definition) is 3. The lowest BCUT2D eigenvalue weighted by molar-refractivity contribution is 0.416. The van der Waals surface area contributed by atoms with Gasteiger partial charge in [0.2, 0.25) is 0 Å². The quantitative estimate of drug-likeness (QED) is 0.330. The molecule has 0 aliphatic carbocycles. The zero-order valence-corrected chi connectivity index (χ0v) is 6.29. The highest BCUT2D eigenvalue weighted by atomic mass is 16.5. The van der Waals surface area contributed by atoms with E-state index in [-0.39, 0.29) is 0 Å². The molecule has 0 amide bonds. The molecule has 60 valence electrons. The van der Waals surface area contributed by atoms with Crippen molar-refractivity contribution in [3.05, 3.63) is 18.2 Å². The first kappa shape index (κ1) is 7.68. The lowest BCUT2D eigenvalue weighted by Gasteiger charge is -2.07. The van der Waals surface area contributed by atoms with Crippen LogP contribution in [-0.2, 0) is 0 Å². The van der Waals surface area contributed by atoms with Crippen molar-refractivity contribution in [2.45, 2.75) is 0 Å². The second-order valence-corrected chi connectivity index (χ2v) is 2.10. The fraction of sp³-hybridized carbons (Fsp3) is 0.143. The molecule has 0 aliphatic heterocycles. The molecule has 1 aromatic rings. The summed E-state index contributed by atoms with van der Waals surface area (Å²) >= 11 is 0. The van der Waals surface area contributed by atoms with Crippen LogP contribution in [0.5, 0.6) is 5.75 Å². The van der Waals surface area contributed by atoms with Crippen LogP contribution in [0.15, 0.2) is 18.2 Å². The van der Waals surface area contributed by atoms with Crippen LogP contribution in [0, 0.1) is 0 Å². The second kappa shape index (κ2) is 3.12. The number of hydrogen-bond acceptors (Lipinski definition) is 4. The summed E-state index contributed by atoms with van der Waals surface area (Å²) in [4.78, 5) is 0. The molecule has 1 rings (SSSR count). The standard InChI is InChI=1S/C7H11N3O/c1-11-7-3-2-5(8)4-6(7)10-9/h2-4,10H,8-9H2,1H3. The molecule has 0 saturated carbocycles. The molecule has 0 aliphatic rings. The van der Waals surface area contributed by atoms with Gasteiger partial charge in [-0.3, -0.25) is 5.84 Å². The van der Waals surface area contributed by atoms with Gasteiger partial charge in [-0.05, 0) is 18.2 Å². The van der Waals surface area contributed by atoms with E-state index in [1.807, 2.05) is 0 Å². The summed E-state index contributed by atoms with van der Waals surface area (Å²) in [6.45, 7) is 0. The van der Waals surface area contributed by atoms with Crippen molar-refractivity contribution in [2.75, 3.05) is 18.3 Å². The summed E-state index contributed by atoms with van der Waals surface area (Å²) in [5.41, 5.74) is 9.33. The maximum atomic E-state index is 5.51. The van der Waals surface area contributed by atoms with Gasteiger partial charge in [0.05, 0.1) is 12.8 Å². The summed E-state index contributed by atoms with van der Waals surface area (Å²) in [6.07, 6.45) is 0. The molecule has 11 heavy (non-hydrogen) atoms. The third-order valence-corrected chi connectivity index (χ3v) is 1.38. The third-order valence-electron chi connectivity index (χ3n) is 1.38. The van der Waals surface area contributed by atoms with E-state index >= 15 is 0 Å². The van der Waals surface area contributed by atoms with Gasteiger partial charge in [0, 0.05) is 5.69 Å². The Morgan fingerprint density at radius 3 is 2.73 bits per heavy atom. The fourth-order valence-electron chi connectivity index (χ4n) is 0.838. The Balaban J connectivity index is 3.06. The molecule has 0 saturated heterocycles. The topological polar surface area (TPSA) is 73.3 Å². The normalized spacial score (nSPS) is 9.27. The Kier molecular flexibility index (Phi) is 2.18. The Bertz CT molecular complexity index is 249. The number of benzene rings is 1. The van der Waals surface area contributed by atoms with Crippen LogP contribution in [-0.4, -0.2) is 7.11 Å². The number of nitrogens with one attached hydrogen (secondary N) is 1. The molecule has 0 unspecified atom stereocenters. The molecule has 0 aromatic heterocycles. The number of nitrogen functional groups attached to an aromatic ring is 2. The molecule has 0 heterocycles. The smallest absolute Gasteiger partial charge is 0.143 e. The monoisotopic (exact) mass is 153 g/mol. The van der Waals surface area contributed by atoms with Gasteiger partial charge in [-0.1, -0.05) is 0 Å². The van der Waals surface area contributed by atoms with Gasteiger partial charge >= 0.3 is 0 Å². The molecule has 0 bridgehead atoms. The highest BCUT2D eigenvalue weighted by molar-refractivity contribution is 5.62. The molecule has 0 spiro atoms. The second-order valence-electron chi connectivity index (χ2n) is 2.10. The minimum Gasteiger partial charge on any atom is -0.495 e. The van der Waals surface area contributed by atoms with E-state index in [2.05, 4.69) is 5.43 Å². The highest BCUT2D eigenvalue weighted by Crippen LogP contribution is 2.24. The van der Waals surface area contributed by atoms with Crippen molar-refractivity contribution in [2.24, 2.45) is 5.84 Å². The summed E-state index contributed by atoms with van der Waals surface area (Å²) in [6, 6.07) is 5.21. The van der Waals surface area contributed by atoms with E-state index in [0.29, 0.717) is 17.1 Å². The zero-order valence-electron chi connectivity index (χ0n) is 6.29. The van der Waals surface area contributed by atoms with Crippen LogP contribution in [0.4, 0.5) is 11.4 Å².